The summed E-state index contributed by atoms with van der Waals surface area (Å²) in [5.74, 6) is 0.814. The van der Waals surface area contributed by atoms with Crippen LogP contribution in [0.3, 0.4) is 0 Å². The van der Waals surface area contributed by atoms with Gasteiger partial charge in [0.15, 0.2) is 5.96 Å². The third kappa shape index (κ3) is 7.76. The predicted octanol–water partition coefficient (Wildman–Crippen LogP) is 4.03. The number of hydrogen-bond donors (Lipinski definition) is 2. The van der Waals surface area contributed by atoms with Crippen LogP contribution >= 0.6 is 46.9 Å². The van der Waals surface area contributed by atoms with Gasteiger partial charge in [0.05, 0.1) is 11.6 Å². The summed E-state index contributed by atoms with van der Waals surface area (Å²) < 4.78 is 0. The standard InChI is InChI=1S/C22H33ClN6S.HI/c1-4-17-15-26-21(30-17)9-10-25-22(24-5-2)27-16-18-19(23)7-6-8-20(18)29-13-11-28(3)12-14-29;/h6-8,15H,4-5,9-14,16H2,1-3H3,(H2,24,25,27);1H. The normalized spacial score (nSPS) is 15.0. The van der Waals surface area contributed by atoms with Crippen molar-refractivity contribution in [1.82, 2.24) is 20.5 Å². The Bertz CT molecular complexity index is 835. The van der Waals surface area contributed by atoms with E-state index in [1.807, 2.05) is 18.3 Å². The average molecular weight is 577 g/mol. The zero-order chi connectivity index (χ0) is 21.3. The zero-order valence-electron chi connectivity index (χ0n) is 18.7. The third-order valence-corrected chi connectivity index (χ3v) is 6.81. The summed E-state index contributed by atoms with van der Waals surface area (Å²) in [5, 5.41) is 8.72. The molecular weight excluding hydrogens is 543 g/mol. The van der Waals surface area contributed by atoms with Gasteiger partial charge >= 0.3 is 0 Å². The van der Waals surface area contributed by atoms with Crippen molar-refractivity contribution >= 4 is 58.6 Å². The smallest absolute Gasteiger partial charge is 0.191 e. The van der Waals surface area contributed by atoms with E-state index < -0.39 is 0 Å². The first-order valence-electron chi connectivity index (χ1n) is 10.8. The molecule has 1 aliphatic rings. The maximum Gasteiger partial charge on any atom is 0.191 e. The summed E-state index contributed by atoms with van der Waals surface area (Å²) in [4.78, 5) is 15.4. The number of guanidine groups is 1. The summed E-state index contributed by atoms with van der Waals surface area (Å²) >= 11 is 8.37. The zero-order valence-corrected chi connectivity index (χ0v) is 22.6. The van der Waals surface area contributed by atoms with Crippen molar-refractivity contribution in [3.8, 4) is 0 Å². The van der Waals surface area contributed by atoms with Gasteiger partial charge in [-0.3, -0.25) is 0 Å². The fourth-order valence-electron chi connectivity index (χ4n) is 3.46. The lowest BCUT2D eigenvalue weighted by molar-refractivity contribution is 0.312. The molecule has 9 heteroatoms. The molecule has 2 aromatic rings. The largest absolute Gasteiger partial charge is 0.369 e. The molecule has 31 heavy (non-hydrogen) atoms. The highest BCUT2D eigenvalue weighted by Gasteiger charge is 2.18. The molecule has 0 unspecified atom stereocenters. The fraction of sp³-hybridized carbons (Fsp3) is 0.545. The Hall–Kier alpha value is -1.10. The molecule has 0 radical (unpaired) electrons. The number of thiazole rings is 1. The Kier molecular flexibility index (Phi) is 11.3. The van der Waals surface area contributed by atoms with Crippen LogP contribution in [0.15, 0.2) is 29.4 Å². The lowest BCUT2D eigenvalue weighted by Crippen LogP contribution is -2.44. The minimum atomic E-state index is 0. The maximum absolute atomic E-state index is 6.58. The third-order valence-electron chi connectivity index (χ3n) is 5.26. The maximum atomic E-state index is 6.58. The average Bonchev–Trinajstić information content (AvgIpc) is 3.21. The molecule has 1 fully saturated rings. The van der Waals surface area contributed by atoms with Gasteiger partial charge in [0.1, 0.15) is 0 Å². The number of halogens is 2. The monoisotopic (exact) mass is 576 g/mol. The molecule has 3 rings (SSSR count). The van der Waals surface area contributed by atoms with Crippen LogP contribution in [0.5, 0.6) is 0 Å². The second-order valence-electron chi connectivity index (χ2n) is 7.47. The van der Waals surface area contributed by atoms with E-state index in [2.05, 4.69) is 52.4 Å². The first kappa shape index (κ1) is 26.2. The number of anilines is 1. The summed E-state index contributed by atoms with van der Waals surface area (Å²) in [6, 6.07) is 6.15. The highest BCUT2D eigenvalue weighted by molar-refractivity contribution is 14.0. The first-order valence-corrected chi connectivity index (χ1v) is 12.0. The van der Waals surface area contributed by atoms with Crippen LogP contribution in [0.2, 0.25) is 5.02 Å². The molecule has 1 aromatic carbocycles. The van der Waals surface area contributed by atoms with Gasteiger partial charge in [-0.15, -0.1) is 35.3 Å². The molecule has 2 N–H and O–H groups in total. The topological polar surface area (TPSA) is 55.8 Å². The van der Waals surface area contributed by atoms with E-state index >= 15 is 0 Å². The van der Waals surface area contributed by atoms with Crippen LogP contribution in [0.4, 0.5) is 5.69 Å². The fourth-order valence-corrected chi connectivity index (χ4v) is 4.55. The van der Waals surface area contributed by atoms with Crippen LogP contribution in [0.25, 0.3) is 0 Å². The molecule has 0 aliphatic carbocycles. The lowest BCUT2D eigenvalue weighted by atomic mass is 10.1. The Morgan fingerprint density at radius 1 is 1.19 bits per heavy atom. The van der Waals surface area contributed by atoms with Gasteiger partial charge in [-0.25, -0.2) is 9.98 Å². The molecule has 0 saturated carbocycles. The molecular formula is C22H34ClIN6S. The highest BCUT2D eigenvalue weighted by atomic mass is 127. The van der Waals surface area contributed by atoms with Crippen molar-refractivity contribution in [3.63, 3.8) is 0 Å². The van der Waals surface area contributed by atoms with Crippen LogP contribution < -0.4 is 15.5 Å². The molecule has 6 nitrogen and oxygen atoms in total. The number of aromatic nitrogens is 1. The number of piperazine rings is 1. The van der Waals surface area contributed by atoms with Gasteiger partial charge in [0.2, 0.25) is 0 Å². The van der Waals surface area contributed by atoms with Crippen molar-refractivity contribution in [3.05, 3.63) is 44.9 Å². The Balaban J connectivity index is 0.00000341. The van der Waals surface area contributed by atoms with Crippen molar-refractivity contribution in [2.45, 2.75) is 33.2 Å². The van der Waals surface area contributed by atoms with E-state index in [-0.39, 0.29) is 24.0 Å². The van der Waals surface area contributed by atoms with Crippen molar-refractivity contribution in [2.75, 3.05) is 51.2 Å². The quantitative estimate of drug-likeness (QED) is 0.282. The molecule has 172 valence electrons. The van der Waals surface area contributed by atoms with Crippen molar-refractivity contribution in [1.29, 1.82) is 0 Å². The van der Waals surface area contributed by atoms with Gasteiger partial charge in [-0.1, -0.05) is 24.6 Å². The number of hydrogen-bond acceptors (Lipinski definition) is 5. The number of benzene rings is 1. The van der Waals surface area contributed by atoms with E-state index in [1.165, 1.54) is 15.6 Å². The minimum absolute atomic E-state index is 0. The number of nitrogens with zero attached hydrogens (tertiary/aromatic N) is 4. The number of aryl methyl sites for hydroxylation is 1. The minimum Gasteiger partial charge on any atom is -0.369 e. The first-order chi connectivity index (χ1) is 14.6. The molecule has 0 atom stereocenters. The van der Waals surface area contributed by atoms with E-state index in [9.17, 15) is 0 Å². The second kappa shape index (κ2) is 13.4. The van der Waals surface area contributed by atoms with E-state index in [1.54, 1.807) is 11.3 Å². The summed E-state index contributed by atoms with van der Waals surface area (Å²) in [6.07, 6.45) is 3.92. The molecule has 0 spiro atoms. The van der Waals surface area contributed by atoms with Gasteiger partial charge in [-0.05, 0) is 32.5 Å². The van der Waals surface area contributed by atoms with Gasteiger partial charge < -0.3 is 20.4 Å². The molecule has 0 amide bonds. The Morgan fingerprint density at radius 2 is 1.97 bits per heavy atom. The summed E-state index contributed by atoms with van der Waals surface area (Å²) in [7, 11) is 2.17. The predicted molar refractivity (Wildman–Crippen MR) is 145 cm³/mol. The number of nitrogens with one attached hydrogen (secondary N) is 2. The molecule has 1 saturated heterocycles. The van der Waals surface area contributed by atoms with Crippen LogP contribution in [0.1, 0.15) is 29.3 Å². The SMILES string of the molecule is CCNC(=NCc1c(Cl)cccc1N1CCN(C)CC1)NCCc1ncc(CC)s1.I. The molecule has 0 bridgehead atoms. The highest BCUT2D eigenvalue weighted by Crippen LogP contribution is 2.29. The van der Waals surface area contributed by atoms with E-state index in [0.717, 1.165) is 68.7 Å². The van der Waals surface area contributed by atoms with Gasteiger partial charge in [0.25, 0.3) is 0 Å². The van der Waals surface area contributed by atoms with E-state index in [4.69, 9.17) is 16.6 Å². The van der Waals surface area contributed by atoms with Crippen molar-refractivity contribution in [2.24, 2.45) is 4.99 Å². The van der Waals surface area contributed by atoms with Crippen molar-refractivity contribution < 1.29 is 0 Å². The second-order valence-corrected chi connectivity index (χ2v) is 9.08. The summed E-state index contributed by atoms with van der Waals surface area (Å²) in [6.45, 7) is 10.6. The van der Waals surface area contributed by atoms with Gasteiger partial charge in [0, 0.05) is 73.0 Å². The van der Waals surface area contributed by atoms with Crippen LogP contribution in [0, 0.1) is 0 Å². The molecule has 2 heterocycles. The summed E-state index contributed by atoms with van der Waals surface area (Å²) in [5.41, 5.74) is 2.29. The number of likely N-dealkylation sites (N-methyl/N-ethyl adjacent to an activating group) is 1. The number of rotatable bonds is 8. The Morgan fingerprint density at radius 3 is 2.65 bits per heavy atom. The number of aliphatic imine (C=N–C) groups is 1. The van der Waals surface area contributed by atoms with E-state index in [0.29, 0.717) is 6.54 Å². The van der Waals surface area contributed by atoms with Crippen LogP contribution in [-0.4, -0.2) is 62.2 Å². The Labute approximate surface area is 212 Å². The molecule has 1 aromatic heterocycles. The molecule has 1 aliphatic heterocycles. The van der Waals surface area contributed by atoms with Gasteiger partial charge in [-0.2, -0.15) is 0 Å². The lowest BCUT2D eigenvalue weighted by Gasteiger charge is -2.35. The van der Waals surface area contributed by atoms with Crippen LogP contribution in [-0.2, 0) is 19.4 Å².